The van der Waals surface area contributed by atoms with Crippen LogP contribution in [0, 0.1) is 0 Å². The number of carbonyl (C=O) groups is 1. The molecule has 2 N–H and O–H groups in total. The van der Waals surface area contributed by atoms with Gasteiger partial charge in [-0.25, -0.2) is 5.43 Å². The number of phenols is 1. The molecule has 0 radical (unpaired) electrons. The van der Waals surface area contributed by atoms with E-state index in [1.54, 1.807) is 26.2 Å². The van der Waals surface area contributed by atoms with Crippen molar-refractivity contribution in [2.75, 3.05) is 7.11 Å². The van der Waals surface area contributed by atoms with Crippen LogP contribution in [0.2, 0.25) is 0 Å². The Morgan fingerprint density at radius 3 is 2.75 bits per heavy atom. The second-order valence-electron chi connectivity index (χ2n) is 5.14. The molecule has 1 amide bonds. The van der Waals surface area contributed by atoms with E-state index in [0.29, 0.717) is 22.8 Å². The number of carbonyl (C=O) groups excluding carboxylic acids is 1. The first-order chi connectivity index (χ1) is 11.6. The molecule has 0 bridgehead atoms. The van der Waals surface area contributed by atoms with Crippen LogP contribution in [0.15, 0.2) is 58.0 Å². The van der Waals surface area contributed by atoms with Gasteiger partial charge in [-0.15, -0.1) is 0 Å². The summed E-state index contributed by atoms with van der Waals surface area (Å²) in [5.74, 6) is 0.550. The van der Waals surface area contributed by atoms with Crippen LogP contribution in [0.3, 0.4) is 0 Å². The van der Waals surface area contributed by atoms with Crippen LogP contribution in [-0.4, -0.2) is 23.8 Å². The van der Waals surface area contributed by atoms with Crippen LogP contribution in [-0.2, 0) is 0 Å². The van der Waals surface area contributed by atoms with E-state index < -0.39 is 5.91 Å². The Balaban J connectivity index is 1.84. The summed E-state index contributed by atoms with van der Waals surface area (Å²) in [6.07, 6.45) is 0. The number of phenolic OH excluding ortho intramolecular Hbond substituents is 1. The molecule has 0 unspecified atom stereocenters. The Kier molecular flexibility index (Phi) is 4.20. The molecule has 0 fully saturated rings. The van der Waals surface area contributed by atoms with Gasteiger partial charge in [-0.2, -0.15) is 5.10 Å². The van der Waals surface area contributed by atoms with Crippen molar-refractivity contribution in [2.45, 2.75) is 6.92 Å². The second-order valence-corrected chi connectivity index (χ2v) is 5.14. The van der Waals surface area contributed by atoms with Crippen molar-refractivity contribution >= 4 is 22.6 Å². The lowest BCUT2D eigenvalue weighted by atomic mass is 10.2. The molecule has 1 heterocycles. The number of amides is 1. The highest BCUT2D eigenvalue weighted by Crippen LogP contribution is 2.28. The van der Waals surface area contributed by atoms with Gasteiger partial charge >= 0.3 is 0 Å². The molecule has 3 aromatic rings. The zero-order chi connectivity index (χ0) is 17.1. The summed E-state index contributed by atoms with van der Waals surface area (Å²) in [4.78, 5) is 12.0. The van der Waals surface area contributed by atoms with Crippen LogP contribution in [0.1, 0.15) is 23.0 Å². The van der Waals surface area contributed by atoms with E-state index in [0.717, 1.165) is 5.39 Å². The van der Waals surface area contributed by atoms with Crippen molar-refractivity contribution < 1.29 is 19.1 Å². The average molecular weight is 324 g/mol. The van der Waals surface area contributed by atoms with Gasteiger partial charge in [0.25, 0.3) is 5.91 Å². The summed E-state index contributed by atoms with van der Waals surface area (Å²) in [7, 11) is 1.57. The molecule has 6 heteroatoms. The standard InChI is InChI=1S/C18H16N2O4/c1-11(19-20-18(22)13-7-3-4-8-14(13)21)16-10-12-6-5-9-15(23-2)17(12)24-16/h3-10,21H,1-2H3,(H,20,22)/b19-11-. The fourth-order valence-corrected chi connectivity index (χ4v) is 2.29. The quantitative estimate of drug-likeness (QED) is 0.570. The van der Waals surface area contributed by atoms with Gasteiger partial charge in [0.05, 0.1) is 12.7 Å². The van der Waals surface area contributed by atoms with E-state index in [9.17, 15) is 9.90 Å². The van der Waals surface area contributed by atoms with Crippen molar-refractivity contribution in [1.82, 2.24) is 5.43 Å². The van der Waals surface area contributed by atoms with Crippen LogP contribution < -0.4 is 10.2 Å². The van der Waals surface area contributed by atoms with Gasteiger partial charge in [-0.05, 0) is 31.2 Å². The van der Waals surface area contributed by atoms with Gasteiger partial charge in [-0.3, -0.25) is 4.79 Å². The first kappa shape index (κ1) is 15.6. The van der Waals surface area contributed by atoms with Crippen molar-refractivity contribution in [2.24, 2.45) is 5.10 Å². The van der Waals surface area contributed by atoms with Crippen LogP contribution in [0.4, 0.5) is 0 Å². The van der Waals surface area contributed by atoms with Crippen LogP contribution in [0.5, 0.6) is 11.5 Å². The zero-order valence-corrected chi connectivity index (χ0v) is 13.2. The maximum absolute atomic E-state index is 12.0. The number of hydrazone groups is 1. The van der Waals surface area contributed by atoms with Crippen molar-refractivity contribution in [1.29, 1.82) is 0 Å². The first-order valence-corrected chi connectivity index (χ1v) is 7.29. The highest BCUT2D eigenvalue weighted by molar-refractivity contribution is 6.02. The summed E-state index contributed by atoms with van der Waals surface area (Å²) in [5.41, 5.74) is 3.68. The third kappa shape index (κ3) is 2.94. The number of aromatic hydroxyl groups is 1. The molecule has 0 aliphatic carbocycles. The maximum Gasteiger partial charge on any atom is 0.275 e. The van der Waals surface area contributed by atoms with E-state index in [4.69, 9.17) is 9.15 Å². The number of fused-ring (bicyclic) bond motifs is 1. The highest BCUT2D eigenvalue weighted by atomic mass is 16.5. The van der Waals surface area contributed by atoms with Gasteiger partial charge in [0.2, 0.25) is 0 Å². The fraction of sp³-hybridized carbons (Fsp3) is 0.111. The third-order valence-electron chi connectivity index (χ3n) is 3.56. The highest BCUT2D eigenvalue weighted by Gasteiger charge is 2.12. The molecule has 122 valence electrons. The van der Waals surface area contributed by atoms with Gasteiger partial charge in [0, 0.05) is 5.39 Å². The summed E-state index contributed by atoms with van der Waals surface area (Å²) >= 11 is 0. The van der Waals surface area contributed by atoms with E-state index >= 15 is 0 Å². The summed E-state index contributed by atoms with van der Waals surface area (Å²) in [5, 5.41) is 14.6. The maximum atomic E-state index is 12.0. The van der Waals surface area contributed by atoms with E-state index in [1.807, 2.05) is 24.3 Å². The molecule has 2 aromatic carbocycles. The second kappa shape index (κ2) is 6.45. The monoisotopic (exact) mass is 324 g/mol. The van der Waals surface area contributed by atoms with E-state index in [-0.39, 0.29) is 11.3 Å². The summed E-state index contributed by atoms with van der Waals surface area (Å²) < 4.78 is 11.0. The number of hydrogen-bond donors (Lipinski definition) is 2. The number of nitrogens with one attached hydrogen (secondary N) is 1. The van der Waals surface area contributed by atoms with E-state index in [2.05, 4.69) is 10.5 Å². The topological polar surface area (TPSA) is 84.1 Å². The Labute approximate surface area is 138 Å². The molecule has 0 spiro atoms. The molecule has 24 heavy (non-hydrogen) atoms. The van der Waals surface area contributed by atoms with Crippen LogP contribution >= 0.6 is 0 Å². The number of rotatable bonds is 4. The van der Waals surface area contributed by atoms with Crippen molar-refractivity contribution in [3.05, 3.63) is 59.9 Å². The largest absolute Gasteiger partial charge is 0.507 e. The lowest BCUT2D eigenvalue weighted by Gasteiger charge is -2.03. The minimum Gasteiger partial charge on any atom is -0.507 e. The number of para-hydroxylation sites is 2. The molecule has 0 aliphatic rings. The normalized spacial score (nSPS) is 11.5. The molecular weight excluding hydrogens is 308 g/mol. The Hall–Kier alpha value is -3.28. The average Bonchev–Trinajstić information content (AvgIpc) is 3.04. The Morgan fingerprint density at radius 1 is 1.21 bits per heavy atom. The number of furan rings is 1. The molecular formula is C18H16N2O4. The first-order valence-electron chi connectivity index (χ1n) is 7.29. The molecule has 0 atom stereocenters. The lowest BCUT2D eigenvalue weighted by molar-refractivity contribution is 0.0952. The van der Waals surface area contributed by atoms with E-state index in [1.165, 1.54) is 12.1 Å². The van der Waals surface area contributed by atoms with Gasteiger partial charge < -0.3 is 14.3 Å². The molecule has 3 rings (SSSR count). The molecule has 0 saturated heterocycles. The lowest BCUT2D eigenvalue weighted by Crippen LogP contribution is -2.19. The summed E-state index contributed by atoms with van der Waals surface area (Å²) in [6, 6.07) is 13.7. The third-order valence-corrected chi connectivity index (χ3v) is 3.56. The molecule has 6 nitrogen and oxygen atoms in total. The Bertz CT molecular complexity index is 928. The smallest absolute Gasteiger partial charge is 0.275 e. The molecule has 1 aromatic heterocycles. The molecule has 0 aliphatic heterocycles. The SMILES string of the molecule is COc1cccc2cc(/C(C)=N\NC(=O)c3ccccc3O)oc12. The predicted octanol–water partition coefficient (Wildman–Crippen LogP) is 3.30. The number of ether oxygens (including phenoxy) is 1. The van der Waals surface area contributed by atoms with Crippen molar-refractivity contribution in [3.63, 3.8) is 0 Å². The van der Waals surface area contributed by atoms with Gasteiger partial charge in [0.1, 0.15) is 11.5 Å². The predicted molar refractivity (Wildman–Crippen MR) is 90.6 cm³/mol. The van der Waals surface area contributed by atoms with Gasteiger partial charge in [0.15, 0.2) is 17.1 Å². The van der Waals surface area contributed by atoms with Crippen molar-refractivity contribution in [3.8, 4) is 11.5 Å². The minimum absolute atomic E-state index is 0.101. The fourth-order valence-electron chi connectivity index (χ4n) is 2.29. The number of nitrogens with zero attached hydrogens (tertiary/aromatic N) is 1. The zero-order valence-electron chi connectivity index (χ0n) is 13.2. The molecule has 0 saturated carbocycles. The summed E-state index contributed by atoms with van der Waals surface area (Å²) in [6.45, 7) is 1.72. The number of methoxy groups -OCH3 is 1. The number of benzene rings is 2. The van der Waals surface area contributed by atoms with Crippen LogP contribution in [0.25, 0.3) is 11.0 Å². The Morgan fingerprint density at radius 2 is 2.00 bits per heavy atom. The van der Waals surface area contributed by atoms with Gasteiger partial charge in [-0.1, -0.05) is 24.3 Å². The number of hydrogen-bond acceptors (Lipinski definition) is 5. The minimum atomic E-state index is -0.499.